The predicted molar refractivity (Wildman–Crippen MR) is 70.4 cm³/mol. The average Bonchev–Trinajstić information content (AvgIpc) is 3.00. The lowest BCUT2D eigenvalue weighted by atomic mass is 9.98. The van der Waals surface area contributed by atoms with Crippen LogP contribution in [-0.4, -0.2) is 12.6 Å². The molecule has 2 aliphatic rings. The van der Waals surface area contributed by atoms with Crippen molar-refractivity contribution < 1.29 is 0 Å². The third-order valence-electron chi connectivity index (χ3n) is 3.72. The van der Waals surface area contributed by atoms with E-state index in [1.54, 1.807) is 0 Å². The molecule has 0 amide bonds. The van der Waals surface area contributed by atoms with Crippen LogP contribution in [0.4, 0.5) is 0 Å². The number of rotatable bonds is 2. The minimum absolute atomic E-state index is 0. The van der Waals surface area contributed by atoms with Crippen molar-refractivity contribution >= 4 is 24.0 Å². The summed E-state index contributed by atoms with van der Waals surface area (Å²) in [4.78, 5) is 0. The van der Waals surface area contributed by atoms with E-state index >= 15 is 0 Å². The Morgan fingerprint density at radius 3 is 2.56 bits per heavy atom. The molecule has 1 nitrogen and oxygen atoms in total. The highest BCUT2D eigenvalue weighted by Gasteiger charge is 2.41. The van der Waals surface area contributed by atoms with E-state index in [2.05, 4.69) is 17.4 Å². The van der Waals surface area contributed by atoms with Gasteiger partial charge >= 0.3 is 0 Å². The third kappa shape index (κ3) is 2.71. The second kappa shape index (κ2) is 4.95. The summed E-state index contributed by atoms with van der Waals surface area (Å²) in [5, 5.41) is 4.47. The lowest BCUT2D eigenvalue weighted by Gasteiger charge is -2.23. The Bertz CT molecular complexity index is 349. The molecule has 1 aromatic rings. The number of nitrogens with one attached hydrogen (secondary N) is 1. The van der Waals surface area contributed by atoms with Crippen molar-refractivity contribution in [3.05, 3.63) is 34.9 Å². The fourth-order valence-electron chi connectivity index (χ4n) is 2.68. The van der Waals surface area contributed by atoms with Crippen molar-refractivity contribution in [1.29, 1.82) is 0 Å². The van der Waals surface area contributed by atoms with Gasteiger partial charge in [0.2, 0.25) is 0 Å². The van der Waals surface area contributed by atoms with E-state index in [1.807, 2.05) is 12.1 Å². The Kier molecular flexibility index (Phi) is 3.78. The first-order chi connectivity index (χ1) is 7.31. The van der Waals surface area contributed by atoms with E-state index in [0.29, 0.717) is 6.04 Å². The van der Waals surface area contributed by atoms with Crippen molar-refractivity contribution in [3.8, 4) is 0 Å². The maximum Gasteiger partial charge on any atom is 0.0406 e. The molecule has 3 heteroatoms. The molecule has 3 rings (SSSR count). The predicted octanol–water partition coefficient (Wildman–Crippen LogP) is 3.30. The minimum atomic E-state index is 0. The van der Waals surface area contributed by atoms with Crippen LogP contribution in [0.5, 0.6) is 0 Å². The van der Waals surface area contributed by atoms with Crippen LogP contribution in [0.25, 0.3) is 0 Å². The van der Waals surface area contributed by atoms with Gasteiger partial charge in [-0.3, -0.25) is 0 Å². The van der Waals surface area contributed by atoms with Gasteiger partial charge in [0.25, 0.3) is 0 Å². The molecule has 1 aliphatic carbocycles. The highest BCUT2D eigenvalue weighted by molar-refractivity contribution is 6.30. The number of hydrogen-bond donors (Lipinski definition) is 1. The summed E-state index contributed by atoms with van der Waals surface area (Å²) in [7, 11) is 0. The van der Waals surface area contributed by atoms with Gasteiger partial charge in [-0.15, -0.1) is 12.4 Å². The number of hydrogen-bond acceptors (Lipinski definition) is 1. The first kappa shape index (κ1) is 12.2. The Morgan fingerprint density at radius 2 is 1.88 bits per heavy atom. The summed E-state index contributed by atoms with van der Waals surface area (Å²) >= 11 is 5.87. The van der Waals surface area contributed by atoms with E-state index in [-0.39, 0.29) is 12.4 Å². The Balaban J connectivity index is 0.000000963. The molecule has 1 saturated carbocycles. The smallest absolute Gasteiger partial charge is 0.0406 e. The first-order valence-electron chi connectivity index (χ1n) is 5.79. The summed E-state index contributed by atoms with van der Waals surface area (Å²) in [6.07, 6.45) is 3.98. The second-order valence-corrected chi connectivity index (χ2v) is 5.36. The molecule has 2 unspecified atom stereocenters. The van der Waals surface area contributed by atoms with Gasteiger partial charge in [0.1, 0.15) is 0 Å². The van der Waals surface area contributed by atoms with Gasteiger partial charge in [0, 0.05) is 11.1 Å². The summed E-state index contributed by atoms with van der Waals surface area (Å²) < 4.78 is 0. The van der Waals surface area contributed by atoms with Crippen LogP contribution in [0.3, 0.4) is 0 Å². The van der Waals surface area contributed by atoms with E-state index in [4.69, 9.17) is 11.6 Å². The zero-order chi connectivity index (χ0) is 10.3. The van der Waals surface area contributed by atoms with Gasteiger partial charge < -0.3 is 5.32 Å². The van der Waals surface area contributed by atoms with Gasteiger partial charge in [0.05, 0.1) is 0 Å². The topological polar surface area (TPSA) is 12.0 Å². The fourth-order valence-corrected chi connectivity index (χ4v) is 2.80. The zero-order valence-corrected chi connectivity index (χ0v) is 10.7. The maximum absolute atomic E-state index is 5.87. The standard InChI is InChI=1S/C13H16ClN.ClH/c14-12-3-1-9(2-4-12)5-13-7-10-6-11(10)8-15-13;/h1-4,10-11,13,15H,5-8H2;1H/t10?,11?,13-;/m0./s1. The van der Waals surface area contributed by atoms with Gasteiger partial charge in [0.15, 0.2) is 0 Å². The Labute approximate surface area is 108 Å². The van der Waals surface area contributed by atoms with Gasteiger partial charge in [-0.2, -0.15) is 0 Å². The molecule has 3 atom stereocenters. The van der Waals surface area contributed by atoms with Gasteiger partial charge in [-0.25, -0.2) is 0 Å². The molecular weight excluding hydrogens is 241 g/mol. The van der Waals surface area contributed by atoms with Crippen LogP contribution in [0, 0.1) is 11.8 Å². The molecule has 0 bridgehead atoms. The fraction of sp³-hybridized carbons (Fsp3) is 0.538. The minimum Gasteiger partial charge on any atom is -0.313 e. The number of piperidine rings is 1. The molecule has 1 aliphatic heterocycles. The summed E-state index contributed by atoms with van der Waals surface area (Å²) in [6, 6.07) is 8.94. The monoisotopic (exact) mass is 257 g/mol. The molecule has 16 heavy (non-hydrogen) atoms. The van der Waals surface area contributed by atoms with Crippen LogP contribution in [-0.2, 0) is 6.42 Å². The van der Waals surface area contributed by atoms with Gasteiger partial charge in [-0.1, -0.05) is 23.7 Å². The highest BCUT2D eigenvalue weighted by Crippen LogP contribution is 2.44. The number of benzene rings is 1. The molecule has 2 fully saturated rings. The van der Waals surface area contributed by atoms with Crippen molar-refractivity contribution in [3.63, 3.8) is 0 Å². The molecule has 0 radical (unpaired) electrons. The normalized spacial score (nSPS) is 31.4. The largest absolute Gasteiger partial charge is 0.313 e. The molecule has 1 saturated heterocycles. The van der Waals surface area contributed by atoms with Crippen LogP contribution >= 0.6 is 24.0 Å². The van der Waals surface area contributed by atoms with Crippen molar-refractivity contribution in [2.75, 3.05) is 6.54 Å². The SMILES string of the molecule is Cl.Clc1ccc(C[C@H]2CC3CC3CN2)cc1. The first-order valence-corrected chi connectivity index (χ1v) is 6.17. The van der Waals surface area contributed by atoms with Crippen LogP contribution in [0.1, 0.15) is 18.4 Å². The molecular formula is C13H17Cl2N. The van der Waals surface area contributed by atoms with Crippen LogP contribution in [0.15, 0.2) is 24.3 Å². The quantitative estimate of drug-likeness (QED) is 0.858. The third-order valence-corrected chi connectivity index (χ3v) is 3.97. The lowest BCUT2D eigenvalue weighted by Crippen LogP contribution is -2.37. The number of halogens is 2. The number of fused-ring (bicyclic) bond motifs is 1. The van der Waals surface area contributed by atoms with Gasteiger partial charge in [-0.05, 0) is 55.3 Å². The van der Waals surface area contributed by atoms with Crippen molar-refractivity contribution in [2.45, 2.75) is 25.3 Å². The molecule has 88 valence electrons. The maximum atomic E-state index is 5.87. The Morgan fingerprint density at radius 1 is 1.12 bits per heavy atom. The van der Waals surface area contributed by atoms with Crippen LogP contribution < -0.4 is 5.32 Å². The average molecular weight is 258 g/mol. The molecule has 1 aromatic carbocycles. The summed E-state index contributed by atoms with van der Waals surface area (Å²) in [5.74, 6) is 2.04. The van der Waals surface area contributed by atoms with E-state index in [0.717, 1.165) is 23.3 Å². The summed E-state index contributed by atoms with van der Waals surface area (Å²) in [5.41, 5.74) is 1.40. The molecule has 0 spiro atoms. The van der Waals surface area contributed by atoms with Crippen molar-refractivity contribution in [2.24, 2.45) is 11.8 Å². The zero-order valence-electron chi connectivity index (χ0n) is 9.16. The lowest BCUT2D eigenvalue weighted by molar-refractivity contribution is 0.383. The van der Waals surface area contributed by atoms with E-state index in [9.17, 15) is 0 Å². The van der Waals surface area contributed by atoms with E-state index in [1.165, 1.54) is 24.9 Å². The molecule has 0 aromatic heterocycles. The highest BCUT2D eigenvalue weighted by atomic mass is 35.5. The molecule has 1 heterocycles. The van der Waals surface area contributed by atoms with Crippen LogP contribution in [0.2, 0.25) is 5.02 Å². The summed E-state index contributed by atoms with van der Waals surface area (Å²) in [6.45, 7) is 1.24. The van der Waals surface area contributed by atoms with E-state index < -0.39 is 0 Å². The second-order valence-electron chi connectivity index (χ2n) is 4.93. The Hall–Kier alpha value is -0.240. The molecule has 1 N–H and O–H groups in total. The van der Waals surface area contributed by atoms with Crippen molar-refractivity contribution in [1.82, 2.24) is 5.32 Å².